The van der Waals surface area contributed by atoms with Crippen LogP contribution in [0.1, 0.15) is 18.1 Å². The molecule has 5 heteroatoms. The van der Waals surface area contributed by atoms with Crippen LogP contribution in [-0.2, 0) is 0 Å². The Hall–Kier alpha value is -2.40. The number of primary amides is 1. The maximum absolute atomic E-state index is 10.8. The van der Waals surface area contributed by atoms with Gasteiger partial charge in [0, 0.05) is 10.0 Å². The molecule has 0 saturated heterocycles. The van der Waals surface area contributed by atoms with Crippen molar-refractivity contribution < 1.29 is 4.79 Å². The molecular weight excluding hydrogens is 342 g/mol. The lowest BCUT2D eigenvalue weighted by Crippen LogP contribution is -2.25. The van der Waals surface area contributed by atoms with E-state index in [1.807, 2.05) is 67.6 Å². The van der Waals surface area contributed by atoms with Crippen molar-refractivity contribution in [2.75, 3.05) is 0 Å². The molecule has 0 aliphatic heterocycles. The zero-order valence-electron chi connectivity index (χ0n) is 12.1. The quantitative estimate of drug-likeness (QED) is 0.484. The van der Waals surface area contributed by atoms with Gasteiger partial charge in [0.1, 0.15) is 0 Å². The standard InChI is InChI=1S/C17H16BrN3O/c1-12(20-21-17(19)22)16(14-5-3-2-4-6-14)11-13-7-9-15(18)10-8-13/h2-11H,1H3,(H3,19,21,22)/b16-11+,20-12+. The average Bonchev–Trinajstić information content (AvgIpc) is 2.53. The van der Waals surface area contributed by atoms with Gasteiger partial charge in [-0.05, 0) is 36.3 Å². The van der Waals surface area contributed by atoms with Crippen LogP contribution in [-0.4, -0.2) is 11.7 Å². The number of urea groups is 1. The summed E-state index contributed by atoms with van der Waals surface area (Å²) in [6.45, 7) is 1.83. The second kappa shape index (κ2) is 7.56. The average molecular weight is 358 g/mol. The summed E-state index contributed by atoms with van der Waals surface area (Å²) in [7, 11) is 0. The molecule has 0 saturated carbocycles. The Bertz CT molecular complexity index is 706. The van der Waals surface area contributed by atoms with E-state index < -0.39 is 6.03 Å². The highest BCUT2D eigenvalue weighted by Crippen LogP contribution is 2.21. The highest BCUT2D eigenvalue weighted by atomic mass is 79.9. The minimum atomic E-state index is -0.685. The van der Waals surface area contributed by atoms with Crippen LogP contribution in [0, 0.1) is 0 Å². The smallest absolute Gasteiger partial charge is 0.332 e. The predicted molar refractivity (Wildman–Crippen MR) is 94.3 cm³/mol. The molecule has 4 nitrogen and oxygen atoms in total. The lowest BCUT2D eigenvalue weighted by atomic mass is 9.99. The normalized spacial score (nSPS) is 12.1. The van der Waals surface area contributed by atoms with Gasteiger partial charge >= 0.3 is 6.03 Å². The molecule has 22 heavy (non-hydrogen) atoms. The molecule has 2 aromatic carbocycles. The minimum absolute atomic E-state index is 0.674. The minimum Gasteiger partial charge on any atom is -0.350 e. The Labute approximate surface area is 137 Å². The number of carbonyl (C=O) groups excluding carboxylic acids is 1. The third-order valence-corrected chi connectivity index (χ3v) is 3.52. The Morgan fingerprint density at radius 3 is 2.36 bits per heavy atom. The van der Waals surface area contributed by atoms with Crippen molar-refractivity contribution in [3.05, 3.63) is 70.2 Å². The number of amides is 2. The first-order valence-electron chi connectivity index (χ1n) is 6.69. The highest BCUT2D eigenvalue weighted by molar-refractivity contribution is 9.10. The molecule has 0 spiro atoms. The van der Waals surface area contributed by atoms with E-state index in [9.17, 15) is 4.79 Å². The number of carbonyl (C=O) groups is 1. The van der Waals surface area contributed by atoms with Gasteiger partial charge in [-0.1, -0.05) is 58.4 Å². The van der Waals surface area contributed by atoms with E-state index in [0.717, 1.165) is 21.2 Å². The zero-order valence-corrected chi connectivity index (χ0v) is 13.7. The van der Waals surface area contributed by atoms with Crippen molar-refractivity contribution in [1.29, 1.82) is 0 Å². The topological polar surface area (TPSA) is 67.5 Å². The van der Waals surface area contributed by atoms with Crippen LogP contribution in [0.4, 0.5) is 4.79 Å². The van der Waals surface area contributed by atoms with Gasteiger partial charge in [0.05, 0.1) is 5.71 Å². The first kappa shape index (κ1) is 16.0. The van der Waals surface area contributed by atoms with E-state index in [1.54, 1.807) is 0 Å². The Balaban J connectivity index is 2.43. The van der Waals surface area contributed by atoms with E-state index in [2.05, 4.69) is 26.5 Å². The lowest BCUT2D eigenvalue weighted by Gasteiger charge is -2.08. The fourth-order valence-corrected chi connectivity index (χ4v) is 2.20. The van der Waals surface area contributed by atoms with Gasteiger partial charge in [-0.25, -0.2) is 10.2 Å². The van der Waals surface area contributed by atoms with Crippen LogP contribution in [0.25, 0.3) is 11.6 Å². The van der Waals surface area contributed by atoms with E-state index in [0.29, 0.717) is 5.71 Å². The van der Waals surface area contributed by atoms with Crippen molar-refractivity contribution in [2.24, 2.45) is 10.8 Å². The van der Waals surface area contributed by atoms with Crippen LogP contribution < -0.4 is 11.2 Å². The summed E-state index contributed by atoms with van der Waals surface area (Å²) in [5, 5.41) is 4.03. The molecular formula is C17H16BrN3O. The van der Waals surface area contributed by atoms with Crippen molar-refractivity contribution in [3.8, 4) is 0 Å². The summed E-state index contributed by atoms with van der Waals surface area (Å²) < 4.78 is 1.02. The van der Waals surface area contributed by atoms with Crippen LogP contribution in [0.15, 0.2) is 64.2 Å². The molecule has 2 rings (SSSR count). The van der Waals surface area contributed by atoms with Crippen molar-refractivity contribution in [3.63, 3.8) is 0 Å². The summed E-state index contributed by atoms with van der Waals surface area (Å²) in [5.74, 6) is 0. The van der Waals surface area contributed by atoms with Crippen LogP contribution in [0.5, 0.6) is 0 Å². The van der Waals surface area contributed by atoms with Gasteiger partial charge in [-0.2, -0.15) is 5.10 Å². The maximum Gasteiger partial charge on any atom is 0.332 e. The number of hydrazone groups is 1. The molecule has 3 N–H and O–H groups in total. The molecule has 0 atom stereocenters. The molecule has 0 unspecified atom stereocenters. The molecule has 112 valence electrons. The first-order valence-corrected chi connectivity index (χ1v) is 7.48. The monoisotopic (exact) mass is 357 g/mol. The Morgan fingerprint density at radius 2 is 1.77 bits per heavy atom. The molecule has 0 radical (unpaired) electrons. The number of rotatable bonds is 4. The Morgan fingerprint density at radius 1 is 1.14 bits per heavy atom. The summed E-state index contributed by atoms with van der Waals surface area (Å²) in [4.78, 5) is 10.8. The van der Waals surface area contributed by atoms with E-state index in [1.165, 1.54) is 0 Å². The van der Waals surface area contributed by atoms with Crippen molar-refractivity contribution >= 4 is 39.3 Å². The van der Waals surface area contributed by atoms with Gasteiger partial charge in [-0.15, -0.1) is 0 Å². The van der Waals surface area contributed by atoms with Crippen LogP contribution in [0.2, 0.25) is 0 Å². The summed E-state index contributed by atoms with van der Waals surface area (Å²) in [6.07, 6.45) is 2.02. The molecule has 2 aromatic rings. The summed E-state index contributed by atoms with van der Waals surface area (Å²) in [6, 6.07) is 17.1. The van der Waals surface area contributed by atoms with Crippen LogP contribution in [0.3, 0.4) is 0 Å². The zero-order chi connectivity index (χ0) is 15.9. The van der Waals surface area contributed by atoms with Crippen molar-refractivity contribution in [1.82, 2.24) is 5.43 Å². The molecule has 0 aromatic heterocycles. The van der Waals surface area contributed by atoms with Gasteiger partial charge in [0.2, 0.25) is 0 Å². The number of allylic oxidation sites excluding steroid dienone is 1. The predicted octanol–water partition coefficient (Wildman–Crippen LogP) is 4.03. The molecule has 0 aliphatic carbocycles. The third kappa shape index (κ3) is 4.56. The summed E-state index contributed by atoms with van der Waals surface area (Å²) >= 11 is 3.42. The number of hydrogen-bond donors (Lipinski definition) is 2. The van der Waals surface area contributed by atoms with Gasteiger partial charge in [0.15, 0.2) is 0 Å². The maximum atomic E-state index is 10.8. The number of nitrogens with zero attached hydrogens (tertiary/aromatic N) is 1. The molecule has 2 amide bonds. The summed E-state index contributed by atoms with van der Waals surface area (Å²) in [5.41, 5.74) is 11.0. The third-order valence-electron chi connectivity index (χ3n) is 2.99. The Kier molecular flexibility index (Phi) is 5.49. The van der Waals surface area contributed by atoms with Gasteiger partial charge < -0.3 is 5.73 Å². The molecule has 0 bridgehead atoms. The van der Waals surface area contributed by atoms with Crippen molar-refractivity contribution in [2.45, 2.75) is 6.92 Å². The second-order valence-electron chi connectivity index (χ2n) is 4.65. The SMILES string of the molecule is CC(=N\NC(N)=O)/C(=C\c1ccc(Br)cc1)c1ccccc1. The fourth-order valence-electron chi connectivity index (χ4n) is 1.94. The fraction of sp³-hybridized carbons (Fsp3) is 0.0588. The van der Waals surface area contributed by atoms with Gasteiger partial charge in [0.25, 0.3) is 0 Å². The number of nitrogens with two attached hydrogens (primary N) is 1. The molecule has 0 aliphatic rings. The van der Waals surface area contributed by atoms with E-state index in [-0.39, 0.29) is 0 Å². The molecule has 0 fully saturated rings. The number of halogens is 1. The number of nitrogens with one attached hydrogen (secondary N) is 1. The second-order valence-corrected chi connectivity index (χ2v) is 5.56. The highest BCUT2D eigenvalue weighted by Gasteiger charge is 2.06. The van der Waals surface area contributed by atoms with Crippen LogP contribution >= 0.6 is 15.9 Å². The first-order chi connectivity index (χ1) is 10.6. The van der Waals surface area contributed by atoms with E-state index >= 15 is 0 Å². The molecule has 0 heterocycles. The number of benzene rings is 2. The van der Waals surface area contributed by atoms with Gasteiger partial charge in [-0.3, -0.25) is 0 Å². The number of hydrogen-bond acceptors (Lipinski definition) is 2. The van der Waals surface area contributed by atoms with E-state index in [4.69, 9.17) is 5.73 Å². The lowest BCUT2D eigenvalue weighted by molar-refractivity contribution is 0.249. The largest absolute Gasteiger partial charge is 0.350 e.